The maximum absolute atomic E-state index is 5.40. The fourth-order valence-corrected chi connectivity index (χ4v) is 0.923. The van der Waals surface area contributed by atoms with Gasteiger partial charge in [0, 0.05) is 12.4 Å². The first-order valence-corrected chi connectivity index (χ1v) is 3.63. The molecule has 0 saturated carbocycles. The standard InChI is InChI=1S/C9H12N2/c1-2-8-5-9(3-4-10)7-11-6-8/h2,5-7H,1,3-4,10H2. The van der Waals surface area contributed by atoms with E-state index in [1.165, 1.54) is 5.56 Å². The minimum Gasteiger partial charge on any atom is -0.330 e. The third kappa shape index (κ3) is 2.16. The van der Waals surface area contributed by atoms with Crippen molar-refractivity contribution in [2.45, 2.75) is 6.42 Å². The van der Waals surface area contributed by atoms with Crippen LogP contribution in [0.25, 0.3) is 6.08 Å². The molecule has 0 aromatic carbocycles. The van der Waals surface area contributed by atoms with Crippen LogP contribution in [0.5, 0.6) is 0 Å². The van der Waals surface area contributed by atoms with Crippen molar-refractivity contribution in [3.8, 4) is 0 Å². The van der Waals surface area contributed by atoms with Gasteiger partial charge in [0.2, 0.25) is 0 Å². The van der Waals surface area contributed by atoms with E-state index in [9.17, 15) is 0 Å². The van der Waals surface area contributed by atoms with Crippen LogP contribution in [0, 0.1) is 0 Å². The summed E-state index contributed by atoms with van der Waals surface area (Å²) in [5.74, 6) is 0. The van der Waals surface area contributed by atoms with Gasteiger partial charge in [-0.2, -0.15) is 0 Å². The molecule has 0 aliphatic rings. The zero-order chi connectivity index (χ0) is 8.10. The molecule has 58 valence electrons. The fraction of sp³-hybridized carbons (Fsp3) is 0.222. The molecule has 0 saturated heterocycles. The second-order valence-electron chi connectivity index (χ2n) is 2.37. The second kappa shape index (κ2) is 3.88. The lowest BCUT2D eigenvalue weighted by molar-refractivity contribution is 0.958. The van der Waals surface area contributed by atoms with Crippen LogP contribution in [0.4, 0.5) is 0 Å². The Balaban J connectivity index is 2.82. The van der Waals surface area contributed by atoms with E-state index in [0.717, 1.165) is 12.0 Å². The van der Waals surface area contributed by atoms with Crippen LogP contribution in [0.2, 0.25) is 0 Å². The summed E-state index contributed by atoms with van der Waals surface area (Å²) in [7, 11) is 0. The first-order valence-electron chi connectivity index (χ1n) is 3.63. The summed E-state index contributed by atoms with van der Waals surface area (Å²) in [6.45, 7) is 4.33. The van der Waals surface area contributed by atoms with Gasteiger partial charge in [0.1, 0.15) is 0 Å². The van der Waals surface area contributed by atoms with Crippen LogP contribution in [-0.2, 0) is 6.42 Å². The first kappa shape index (κ1) is 7.95. The fourth-order valence-electron chi connectivity index (χ4n) is 0.923. The Morgan fingerprint density at radius 3 is 3.00 bits per heavy atom. The van der Waals surface area contributed by atoms with Gasteiger partial charge in [0.05, 0.1) is 0 Å². The predicted octanol–water partition coefficient (Wildman–Crippen LogP) is 1.23. The van der Waals surface area contributed by atoms with Gasteiger partial charge in [-0.15, -0.1) is 0 Å². The molecule has 2 heteroatoms. The Morgan fingerprint density at radius 1 is 1.55 bits per heavy atom. The van der Waals surface area contributed by atoms with Crippen molar-refractivity contribution >= 4 is 6.08 Å². The van der Waals surface area contributed by atoms with Crippen molar-refractivity contribution in [2.24, 2.45) is 5.73 Å². The molecule has 1 rings (SSSR count). The molecule has 0 fully saturated rings. The second-order valence-corrected chi connectivity index (χ2v) is 2.37. The van der Waals surface area contributed by atoms with Gasteiger partial charge in [-0.25, -0.2) is 0 Å². The lowest BCUT2D eigenvalue weighted by Crippen LogP contribution is -2.02. The smallest absolute Gasteiger partial charge is 0.0340 e. The van der Waals surface area contributed by atoms with Gasteiger partial charge >= 0.3 is 0 Å². The van der Waals surface area contributed by atoms with Gasteiger partial charge in [0.25, 0.3) is 0 Å². The zero-order valence-electron chi connectivity index (χ0n) is 6.46. The lowest BCUT2D eigenvalue weighted by atomic mass is 10.1. The number of nitrogens with zero attached hydrogens (tertiary/aromatic N) is 1. The van der Waals surface area contributed by atoms with E-state index in [4.69, 9.17) is 5.73 Å². The SMILES string of the molecule is C=Cc1cncc(CCN)c1. The molecule has 1 aromatic heterocycles. The predicted molar refractivity (Wildman–Crippen MR) is 47.1 cm³/mol. The van der Waals surface area contributed by atoms with Crippen molar-refractivity contribution in [3.63, 3.8) is 0 Å². The molecule has 0 spiro atoms. The molecule has 0 amide bonds. The zero-order valence-corrected chi connectivity index (χ0v) is 6.46. The average Bonchev–Trinajstić information content (AvgIpc) is 2.06. The summed E-state index contributed by atoms with van der Waals surface area (Å²) in [5, 5.41) is 0. The lowest BCUT2D eigenvalue weighted by Gasteiger charge is -1.97. The minimum absolute atomic E-state index is 0.669. The van der Waals surface area contributed by atoms with Crippen LogP contribution in [0.3, 0.4) is 0 Å². The van der Waals surface area contributed by atoms with Crippen LogP contribution in [0.1, 0.15) is 11.1 Å². The Morgan fingerprint density at radius 2 is 2.36 bits per heavy atom. The molecule has 0 aliphatic carbocycles. The molecule has 0 unspecified atom stereocenters. The topological polar surface area (TPSA) is 38.9 Å². The maximum Gasteiger partial charge on any atom is 0.0340 e. The molecular weight excluding hydrogens is 136 g/mol. The molecule has 1 heterocycles. The van der Waals surface area contributed by atoms with Crippen molar-refractivity contribution in [1.82, 2.24) is 4.98 Å². The Kier molecular flexibility index (Phi) is 2.81. The quantitative estimate of drug-likeness (QED) is 0.700. The molecule has 11 heavy (non-hydrogen) atoms. The average molecular weight is 148 g/mol. The highest BCUT2D eigenvalue weighted by atomic mass is 14.6. The summed E-state index contributed by atoms with van der Waals surface area (Å²) < 4.78 is 0. The summed E-state index contributed by atoms with van der Waals surface area (Å²) in [6.07, 6.45) is 6.29. The molecule has 0 aliphatic heterocycles. The highest BCUT2D eigenvalue weighted by Crippen LogP contribution is 2.03. The molecule has 1 aromatic rings. The van der Waals surface area contributed by atoms with Gasteiger partial charge in [-0.1, -0.05) is 12.7 Å². The molecule has 0 radical (unpaired) electrons. The molecule has 2 N–H and O–H groups in total. The Hall–Kier alpha value is -1.15. The normalized spacial score (nSPS) is 9.55. The van der Waals surface area contributed by atoms with Gasteiger partial charge in [-0.3, -0.25) is 4.98 Å². The van der Waals surface area contributed by atoms with E-state index in [-0.39, 0.29) is 0 Å². The number of aromatic nitrogens is 1. The minimum atomic E-state index is 0.669. The monoisotopic (exact) mass is 148 g/mol. The number of pyridine rings is 1. The van der Waals surface area contributed by atoms with Gasteiger partial charge in [0.15, 0.2) is 0 Å². The van der Waals surface area contributed by atoms with Crippen molar-refractivity contribution in [1.29, 1.82) is 0 Å². The number of nitrogens with two attached hydrogens (primary N) is 1. The number of hydrogen-bond donors (Lipinski definition) is 1. The summed E-state index contributed by atoms with van der Waals surface area (Å²) >= 11 is 0. The van der Waals surface area contributed by atoms with E-state index in [1.807, 2.05) is 12.3 Å². The number of rotatable bonds is 3. The van der Waals surface area contributed by atoms with E-state index in [1.54, 1.807) is 12.3 Å². The summed E-state index contributed by atoms with van der Waals surface area (Å²) in [5.41, 5.74) is 7.62. The first-order chi connectivity index (χ1) is 5.36. The van der Waals surface area contributed by atoms with Crippen LogP contribution >= 0.6 is 0 Å². The Bertz CT molecular complexity index is 243. The third-order valence-electron chi connectivity index (χ3n) is 1.48. The van der Waals surface area contributed by atoms with Crippen LogP contribution in [0.15, 0.2) is 25.0 Å². The van der Waals surface area contributed by atoms with E-state index >= 15 is 0 Å². The van der Waals surface area contributed by atoms with E-state index < -0.39 is 0 Å². The maximum atomic E-state index is 5.40. The number of hydrogen-bond acceptors (Lipinski definition) is 2. The molecular formula is C9H12N2. The van der Waals surface area contributed by atoms with Crippen molar-refractivity contribution in [3.05, 3.63) is 36.2 Å². The van der Waals surface area contributed by atoms with Crippen molar-refractivity contribution in [2.75, 3.05) is 6.54 Å². The van der Waals surface area contributed by atoms with Gasteiger partial charge < -0.3 is 5.73 Å². The van der Waals surface area contributed by atoms with E-state index in [2.05, 4.69) is 11.6 Å². The van der Waals surface area contributed by atoms with Crippen LogP contribution in [-0.4, -0.2) is 11.5 Å². The van der Waals surface area contributed by atoms with Crippen LogP contribution < -0.4 is 5.73 Å². The molecule has 2 nitrogen and oxygen atoms in total. The highest BCUT2D eigenvalue weighted by molar-refractivity contribution is 5.46. The molecule has 0 bridgehead atoms. The Labute approximate surface area is 66.8 Å². The molecule has 0 atom stereocenters. The third-order valence-corrected chi connectivity index (χ3v) is 1.48. The largest absolute Gasteiger partial charge is 0.330 e. The van der Waals surface area contributed by atoms with Gasteiger partial charge in [-0.05, 0) is 30.2 Å². The summed E-state index contributed by atoms with van der Waals surface area (Å²) in [4.78, 5) is 4.05. The van der Waals surface area contributed by atoms with Crippen molar-refractivity contribution < 1.29 is 0 Å². The van der Waals surface area contributed by atoms with E-state index in [0.29, 0.717) is 6.54 Å². The summed E-state index contributed by atoms with van der Waals surface area (Å²) in [6, 6.07) is 2.05. The highest BCUT2D eigenvalue weighted by Gasteiger charge is 1.91.